The summed E-state index contributed by atoms with van der Waals surface area (Å²) in [5.74, 6) is -1.07. The zero-order chi connectivity index (χ0) is 16.1. The van der Waals surface area contributed by atoms with E-state index < -0.39 is 17.4 Å². The molecule has 1 amide bonds. The number of halogens is 1. The largest absolute Gasteiger partial charge is 0.424 e. The van der Waals surface area contributed by atoms with Crippen LogP contribution in [-0.2, 0) is 0 Å². The fourth-order valence-corrected chi connectivity index (χ4v) is 1.78. The lowest BCUT2D eigenvalue weighted by Gasteiger charge is -2.07. The molecule has 7 heteroatoms. The van der Waals surface area contributed by atoms with Crippen molar-refractivity contribution < 1.29 is 13.9 Å². The van der Waals surface area contributed by atoms with Gasteiger partial charge >= 0.3 is 6.01 Å². The van der Waals surface area contributed by atoms with Gasteiger partial charge in [0, 0.05) is 6.20 Å². The van der Waals surface area contributed by atoms with E-state index in [1.807, 2.05) is 6.07 Å². The van der Waals surface area contributed by atoms with Crippen LogP contribution in [0.15, 0.2) is 61.1 Å². The predicted molar refractivity (Wildman–Crippen MR) is 80.7 cm³/mol. The second-order valence-corrected chi connectivity index (χ2v) is 4.46. The number of nitrogens with zero attached hydrogens (tertiary/aromatic N) is 3. The maximum absolute atomic E-state index is 13.8. The number of amides is 1. The van der Waals surface area contributed by atoms with Crippen LogP contribution in [-0.4, -0.2) is 20.9 Å². The molecular formula is C16H11FN4O2. The summed E-state index contributed by atoms with van der Waals surface area (Å²) in [7, 11) is 0. The number of rotatable bonds is 4. The summed E-state index contributed by atoms with van der Waals surface area (Å²) in [5, 5.41) is 2.50. The molecule has 0 unspecified atom stereocenters. The third-order valence-corrected chi connectivity index (χ3v) is 2.81. The second-order valence-electron chi connectivity index (χ2n) is 4.46. The van der Waals surface area contributed by atoms with Crippen molar-refractivity contribution in [3.63, 3.8) is 0 Å². The van der Waals surface area contributed by atoms with Gasteiger partial charge in [0.05, 0.1) is 18.1 Å². The Morgan fingerprint density at radius 2 is 1.91 bits per heavy atom. The van der Waals surface area contributed by atoms with E-state index in [9.17, 15) is 9.18 Å². The second kappa shape index (κ2) is 6.61. The number of pyridine rings is 1. The minimum atomic E-state index is -0.841. The molecule has 2 aromatic heterocycles. The molecule has 2 heterocycles. The van der Waals surface area contributed by atoms with E-state index in [1.165, 1.54) is 6.20 Å². The molecule has 0 aliphatic rings. The lowest BCUT2D eigenvalue weighted by Crippen LogP contribution is -2.16. The number of ether oxygens (including phenoxy) is 1. The van der Waals surface area contributed by atoms with Gasteiger partial charge < -0.3 is 10.1 Å². The summed E-state index contributed by atoms with van der Waals surface area (Å²) in [4.78, 5) is 23.5. The van der Waals surface area contributed by atoms with Crippen molar-refractivity contribution in [2.45, 2.75) is 0 Å². The highest BCUT2D eigenvalue weighted by Crippen LogP contribution is 2.18. The van der Waals surface area contributed by atoms with Crippen molar-refractivity contribution in [2.75, 3.05) is 5.32 Å². The molecular weight excluding hydrogens is 299 g/mol. The van der Waals surface area contributed by atoms with Crippen molar-refractivity contribution in [3.8, 4) is 11.8 Å². The van der Waals surface area contributed by atoms with Crippen LogP contribution in [0.3, 0.4) is 0 Å². The van der Waals surface area contributed by atoms with E-state index in [0.29, 0.717) is 11.4 Å². The maximum atomic E-state index is 13.8. The number of para-hydroxylation sites is 1. The molecule has 0 atom stereocenters. The highest BCUT2D eigenvalue weighted by atomic mass is 19.1. The number of anilines is 1. The Hall–Kier alpha value is -3.35. The van der Waals surface area contributed by atoms with Gasteiger partial charge in [-0.25, -0.2) is 9.37 Å². The zero-order valence-corrected chi connectivity index (χ0v) is 11.8. The van der Waals surface area contributed by atoms with Crippen LogP contribution in [0.1, 0.15) is 10.5 Å². The van der Waals surface area contributed by atoms with Crippen LogP contribution in [0.5, 0.6) is 11.8 Å². The molecule has 0 radical (unpaired) electrons. The van der Waals surface area contributed by atoms with Gasteiger partial charge in [-0.1, -0.05) is 18.2 Å². The summed E-state index contributed by atoms with van der Waals surface area (Å²) in [6.07, 6.45) is 3.90. The monoisotopic (exact) mass is 310 g/mol. The van der Waals surface area contributed by atoms with Crippen molar-refractivity contribution >= 4 is 11.6 Å². The molecule has 0 saturated heterocycles. The molecule has 1 aromatic carbocycles. The first-order valence-corrected chi connectivity index (χ1v) is 6.69. The van der Waals surface area contributed by atoms with Crippen molar-refractivity contribution in [1.82, 2.24) is 15.0 Å². The molecule has 1 N–H and O–H groups in total. The number of hydrogen-bond acceptors (Lipinski definition) is 5. The molecule has 23 heavy (non-hydrogen) atoms. The third-order valence-electron chi connectivity index (χ3n) is 2.81. The van der Waals surface area contributed by atoms with E-state index in [4.69, 9.17) is 4.74 Å². The summed E-state index contributed by atoms with van der Waals surface area (Å²) in [6.45, 7) is 0. The molecule has 3 aromatic rings. The van der Waals surface area contributed by atoms with Crippen molar-refractivity contribution in [1.29, 1.82) is 0 Å². The molecule has 0 fully saturated rings. The fraction of sp³-hybridized carbons (Fsp3) is 0. The normalized spacial score (nSPS) is 10.1. The van der Waals surface area contributed by atoms with Crippen LogP contribution < -0.4 is 10.1 Å². The Morgan fingerprint density at radius 1 is 1.09 bits per heavy atom. The maximum Gasteiger partial charge on any atom is 0.322 e. The molecule has 0 saturated carbocycles. The zero-order valence-electron chi connectivity index (χ0n) is 11.8. The summed E-state index contributed by atoms with van der Waals surface area (Å²) in [5.41, 5.74) is 0.0239. The predicted octanol–water partition coefficient (Wildman–Crippen LogP) is 3.06. The molecule has 0 aliphatic carbocycles. The minimum absolute atomic E-state index is 0.117. The summed E-state index contributed by atoms with van der Waals surface area (Å²) < 4.78 is 19.2. The van der Waals surface area contributed by atoms with Gasteiger partial charge in [0.2, 0.25) is 0 Å². The lowest BCUT2D eigenvalue weighted by atomic mass is 10.3. The topological polar surface area (TPSA) is 77.0 Å². The van der Waals surface area contributed by atoms with E-state index >= 15 is 0 Å². The van der Waals surface area contributed by atoms with Gasteiger partial charge in [0.15, 0.2) is 11.5 Å². The first-order valence-electron chi connectivity index (χ1n) is 6.69. The quantitative estimate of drug-likeness (QED) is 0.801. The molecule has 0 spiro atoms. The van der Waals surface area contributed by atoms with Crippen LogP contribution in [0, 0.1) is 5.82 Å². The molecule has 114 valence electrons. The van der Waals surface area contributed by atoms with Gasteiger partial charge in [0.25, 0.3) is 5.91 Å². The van der Waals surface area contributed by atoms with E-state index in [-0.39, 0.29) is 6.01 Å². The van der Waals surface area contributed by atoms with Crippen LogP contribution in [0.2, 0.25) is 0 Å². The number of carbonyl (C=O) groups excluding carboxylic acids is 1. The van der Waals surface area contributed by atoms with Gasteiger partial charge in [0.1, 0.15) is 5.75 Å². The Balaban J connectivity index is 1.81. The molecule has 0 aliphatic heterocycles. The Morgan fingerprint density at radius 3 is 2.65 bits per heavy atom. The van der Waals surface area contributed by atoms with E-state index in [1.54, 1.807) is 42.6 Å². The Kier molecular flexibility index (Phi) is 4.19. The van der Waals surface area contributed by atoms with Gasteiger partial charge in [-0.05, 0) is 24.3 Å². The number of carbonyl (C=O) groups is 1. The minimum Gasteiger partial charge on any atom is -0.424 e. The standard InChI is InChI=1S/C16H11FN4O2/c17-13-10-19-16(23-12-6-2-1-3-7-12)21-14(13)15(22)20-11-5-4-8-18-9-11/h1-10H,(H,20,22). The summed E-state index contributed by atoms with van der Waals surface area (Å²) in [6, 6.07) is 11.9. The smallest absolute Gasteiger partial charge is 0.322 e. The fourth-order valence-electron chi connectivity index (χ4n) is 1.78. The average Bonchev–Trinajstić information content (AvgIpc) is 2.58. The van der Waals surface area contributed by atoms with Gasteiger partial charge in [-0.2, -0.15) is 4.98 Å². The van der Waals surface area contributed by atoms with Crippen LogP contribution in [0.4, 0.5) is 10.1 Å². The third kappa shape index (κ3) is 3.65. The lowest BCUT2D eigenvalue weighted by molar-refractivity contribution is 0.101. The molecule has 0 bridgehead atoms. The van der Waals surface area contributed by atoms with E-state index in [0.717, 1.165) is 6.20 Å². The first kappa shape index (κ1) is 14.6. The van der Waals surface area contributed by atoms with Crippen molar-refractivity contribution in [2.24, 2.45) is 0 Å². The number of hydrogen-bond donors (Lipinski definition) is 1. The Labute approximate surface area is 131 Å². The van der Waals surface area contributed by atoms with Gasteiger partial charge in [-0.3, -0.25) is 9.78 Å². The average molecular weight is 310 g/mol. The number of benzene rings is 1. The summed E-state index contributed by atoms with van der Waals surface area (Å²) >= 11 is 0. The number of aromatic nitrogens is 3. The Bertz CT molecular complexity index is 813. The first-order chi connectivity index (χ1) is 11.2. The highest BCUT2D eigenvalue weighted by molar-refractivity contribution is 6.02. The van der Waals surface area contributed by atoms with Crippen LogP contribution >= 0.6 is 0 Å². The number of nitrogens with one attached hydrogen (secondary N) is 1. The van der Waals surface area contributed by atoms with Crippen molar-refractivity contribution in [3.05, 3.63) is 72.6 Å². The van der Waals surface area contributed by atoms with Gasteiger partial charge in [-0.15, -0.1) is 0 Å². The van der Waals surface area contributed by atoms with E-state index in [2.05, 4.69) is 20.3 Å². The molecule has 3 rings (SSSR count). The molecule has 6 nitrogen and oxygen atoms in total. The van der Waals surface area contributed by atoms with Crippen LogP contribution in [0.25, 0.3) is 0 Å². The SMILES string of the molecule is O=C(Nc1cccnc1)c1nc(Oc2ccccc2)ncc1F. The highest BCUT2D eigenvalue weighted by Gasteiger charge is 2.16.